The molecule has 5 heterocycles. The largest absolute Gasteiger partial charge is 0.545 e. The minimum absolute atomic E-state index is 0.0403. The molecule has 4 aromatic carbocycles. The van der Waals surface area contributed by atoms with E-state index in [-0.39, 0.29) is 37.9 Å². The molecule has 5 aliphatic heterocycles. The number of unbranched alkanes of at least 4 members (excludes halogenated alkanes) is 3. The fraction of sp³-hybridized carbons (Fsp3) is 0.490. The maximum atomic E-state index is 13.4. The van der Waals surface area contributed by atoms with Crippen LogP contribution >= 0.6 is 58.2 Å². The number of aromatic carboxylic acids is 1. The number of carbonyl (C=O) groups excluding carboxylic acids is 2. The molecule has 0 aromatic heterocycles. The lowest BCUT2D eigenvalue weighted by Gasteiger charge is -2.38. The number of alkyl halides is 1. The van der Waals surface area contributed by atoms with E-state index in [9.17, 15) is 14.7 Å². The molecule has 0 bridgehead atoms. The number of amides is 1. The Balaban J connectivity index is 1.09. The van der Waals surface area contributed by atoms with Gasteiger partial charge in [-0.2, -0.15) is 0 Å². The van der Waals surface area contributed by atoms with Crippen LogP contribution in [-0.2, 0) is 40.0 Å². The van der Waals surface area contributed by atoms with Crippen LogP contribution in [0, 0.1) is 0 Å². The summed E-state index contributed by atoms with van der Waals surface area (Å²) >= 11 is 28.2. The summed E-state index contributed by atoms with van der Waals surface area (Å²) in [5.74, 6) is 0.314. The van der Waals surface area contributed by atoms with Crippen LogP contribution in [0.2, 0.25) is 15.1 Å². The van der Waals surface area contributed by atoms with E-state index in [0.717, 1.165) is 154 Å². The number of halogens is 4. The molecule has 0 saturated heterocycles. The first kappa shape index (κ1) is 45.0. The molecule has 63 heavy (non-hydrogen) atoms. The van der Waals surface area contributed by atoms with Gasteiger partial charge in [-0.1, -0.05) is 53.7 Å². The minimum atomic E-state index is -1.50. The van der Waals surface area contributed by atoms with Crippen LogP contribution in [0.15, 0.2) is 29.2 Å². The van der Waals surface area contributed by atoms with Crippen LogP contribution in [0.25, 0.3) is 16.3 Å². The summed E-state index contributed by atoms with van der Waals surface area (Å²) in [5.41, 5.74) is 7.66. The number of hydrogen-bond acceptors (Lipinski definition) is 8. The normalized spacial score (nSPS) is 16.2. The highest BCUT2D eigenvalue weighted by Crippen LogP contribution is 2.52. The molecule has 14 heteroatoms. The molecule has 0 radical (unpaired) electrons. The first-order valence-corrected chi connectivity index (χ1v) is 25.3. The zero-order valence-electron chi connectivity index (χ0n) is 35.5. The van der Waals surface area contributed by atoms with Gasteiger partial charge in [0.2, 0.25) is 11.3 Å². The van der Waals surface area contributed by atoms with Gasteiger partial charge >= 0.3 is 0 Å². The summed E-state index contributed by atoms with van der Waals surface area (Å²) in [6, 6.07) is 8.71. The summed E-state index contributed by atoms with van der Waals surface area (Å²) in [5, 5.41) is 20.3. The lowest BCUT2D eigenvalue weighted by Crippen LogP contribution is -2.41. The van der Waals surface area contributed by atoms with E-state index in [1.54, 1.807) is 0 Å². The SMILES string of the molecule is O=C(CSc1c(Cl)c(Cl)c(C(=O)[O-])c(C2=c3cc4c5c(c3Oc3c2ccc2c6c7c(cc32)CCCN7CCC6)CCC[N+]=5CCCC4)c1Cl)NCCOCCOCCCCCCCl. The smallest absolute Gasteiger partial charge is 0.230 e. The van der Waals surface area contributed by atoms with Crippen molar-refractivity contribution in [1.29, 1.82) is 0 Å². The fourth-order valence-electron chi connectivity index (χ4n) is 10.4. The first-order chi connectivity index (χ1) is 30.8. The molecule has 0 spiro atoms. The van der Waals surface area contributed by atoms with Crippen molar-refractivity contribution in [3.63, 3.8) is 0 Å². The van der Waals surface area contributed by atoms with Crippen LogP contribution in [0.5, 0.6) is 11.5 Å². The third kappa shape index (κ3) is 8.92. The molecule has 9 rings (SSSR count). The molecular weight excluding hydrogens is 900 g/mol. The molecular formula is C49H53Cl4N3O6S. The van der Waals surface area contributed by atoms with E-state index in [0.29, 0.717) is 55.1 Å². The predicted molar refractivity (Wildman–Crippen MR) is 253 cm³/mol. The highest BCUT2D eigenvalue weighted by Gasteiger charge is 2.36. The number of carboxylic acid groups (broad SMARTS) is 1. The lowest BCUT2D eigenvalue weighted by atomic mass is 9.83. The summed E-state index contributed by atoms with van der Waals surface area (Å²) in [4.78, 5) is 29.4. The molecule has 0 aliphatic carbocycles. The summed E-state index contributed by atoms with van der Waals surface area (Å²) in [6.45, 7) is 6.34. The number of nitrogens with one attached hydrogen (secondary N) is 1. The summed E-state index contributed by atoms with van der Waals surface area (Å²) < 4.78 is 21.1. The molecule has 9 nitrogen and oxygen atoms in total. The number of anilines is 1. The van der Waals surface area contributed by atoms with Crippen molar-refractivity contribution < 1.29 is 28.9 Å². The van der Waals surface area contributed by atoms with Crippen molar-refractivity contribution in [2.75, 3.05) is 75.7 Å². The Hall–Kier alpha value is -3.22. The Labute approximate surface area is 393 Å². The molecule has 1 amide bonds. The highest BCUT2D eigenvalue weighted by atomic mass is 35.5. The molecule has 1 N–H and O–H groups in total. The van der Waals surface area contributed by atoms with Crippen LogP contribution in [0.3, 0.4) is 0 Å². The van der Waals surface area contributed by atoms with Gasteiger partial charge in [-0.05, 0) is 92.5 Å². The second-order valence-electron chi connectivity index (χ2n) is 17.1. The zero-order chi connectivity index (χ0) is 43.6. The molecule has 0 fully saturated rings. The van der Waals surface area contributed by atoms with Crippen molar-refractivity contribution in [3.05, 3.63) is 88.9 Å². The molecule has 0 saturated carbocycles. The molecule has 0 atom stereocenters. The predicted octanol–water partition coefficient (Wildman–Crippen LogP) is 8.03. The zero-order valence-corrected chi connectivity index (χ0v) is 39.4. The Kier molecular flexibility index (Phi) is 14.4. The van der Waals surface area contributed by atoms with Crippen molar-refractivity contribution in [2.24, 2.45) is 0 Å². The average molecular weight is 954 g/mol. The Morgan fingerprint density at radius 3 is 2.38 bits per heavy atom. The van der Waals surface area contributed by atoms with Gasteiger partial charge in [0.05, 0.1) is 52.2 Å². The van der Waals surface area contributed by atoms with Gasteiger partial charge < -0.3 is 34.3 Å². The molecule has 0 unspecified atom stereocenters. The van der Waals surface area contributed by atoms with E-state index in [4.69, 9.17) is 60.6 Å². The van der Waals surface area contributed by atoms with Crippen molar-refractivity contribution >= 4 is 92.1 Å². The maximum Gasteiger partial charge on any atom is 0.230 e. The van der Waals surface area contributed by atoms with E-state index in [2.05, 4.69) is 39.1 Å². The van der Waals surface area contributed by atoms with Gasteiger partial charge in [-0.25, -0.2) is 4.58 Å². The third-order valence-electron chi connectivity index (χ3n) is 13.1. The van der Waals surface area contributed by atoms with Gasteiger partial charge in [-0.15, -0.1) is 23.4 Å². The van der Waals surface area contributed by atoms with Crippen LogP contribution in [0.1, 0.15) is 102 Å². The van der Waals surface area contributed by atoms with Crippen molar-refractivity contribution in [1.82, 2.24) is 9.89 Å². The summed E-state index contributed by atoms with van der Waals surface area (Å²) in [7, 11) is 0. The van der Waals surface area contributed by atoms with Crippen molar-refractivity contribution in [2.45, 2.75) is 88.4 Å². The van der Waals surface area contributed by atoms with E-state index in [1.165, 1.54) is 27.7 Å². The Morgan fingerprint density at radius 2 is 1.56 bits per heavy atom. The lowest BCUT2D eigenvalue weighted by molar-refractivity contribution is -0.255. The molecule has 334 valence electrons. The third-order valence-corrected chi connectivity index (χ3v) is 16.0. The number of rotatable bonds is 17. The Morgan fingerprint density at radius 1 is 0.794 bits per heavy atom. The fourth-order valence-corrected chi connectivity index (χ4v) is 12.6. The van der Waals surface area contributed by atoms with Gasteiger partial charge in [-0.3, -0.25) is 4.79 Å². The van der Waals surface area contributed by atoms with Gasteiger partial charge in [0.25, 0.3) is 0 Å². The number of thioether (sulfide) groups is 1. The highest BCUT2D eigenvalue weighted by molar-refractivity contribution is 8.00. The topological polar surface area (TPSA) is 103 Å². The summed E-state index contributed by atoms with van der Waals surface area (Å²) in [6.07, 6.45) is 13.2. The number of benzene rings is 4. The number of carboxylic acids is 1. The number of nitrogens with zero attached hydrogens (tertiary/aromatic N) is 2. The number of fused-ring (bicyclic) bond motifs is 6. The van der Waals surface area contributed by atoms with Gasteiger partial charge in [0.1, 0.15) is 24.6 Å². The Bertz CT molecular complexity index is 2600. The monoisotopic (exact) mass is 951 g/mol. The quantitative estimate of drug-likeness (QED) is 0.0329. The van der Waals surface area contributed by atoms with Crippen LogP contribution < -0.4 is 35.2 Å². The van der Waals surface area contributed by atoms with Gasteiger partial charge in [0.15, 0.2) is 0 Å². The first-order valence-electron chi connectivity index (χ1n) is 22.7. The average Bonchev–Trinajstić information content (AvgIpc) is 3.50. The standard InChI is InChI=1S/C49H53Cl4N3O6S/c50-16-4-1-2-6-22-60-24-25-61-23-17-54-37(57)28-63-48-42(52)39(40(49(58)59)41(51)43(48)53)38-33-15-14-31-32-12-8-20-56-19-7-11-30(44(32)56)26-35(31)46(33)62-47-34-13-9-21-55-18-5-3-10-29(45(34)55)27-36(38)47/h14-15,26-27H,1-13,16-25,28H2,(H-,54,57,58,59). The van der Waals surface area contributed by atoms with E-state index in [1.807, 2.05) is 0 Å². The number of carbonyl (C=O) groups is 2. The number of ether oxygens (including phenoxy) is 3. The van der Waals surface area contributed by atoms with E-state index < -0.39 is 5.97 Å². The van der Waals surface area contributed by atoms with Crippen LogP contribution in [0.4, 0.5) is 5.69 Å². The second kappa shape index (κ2) is 20.1. The number of hydrogen-bond donors (Lipinski definition) is 1. The number of aryl methyl sites for hydroxylation is 3. The minimum Gasteiger partial charge on any atom is -0.545 e. The van der Waals surface area contributed by atoms with E-state index >= 15 is 0 Å². The van der Waals surface area contributed by atoms with Gasteiger partial charge in [0, 0.05) is 94.0 Å². The molecule has 4 aromatic rings. The molecule has 5 aliphatic rings. The maximum absolute atomic E-state index is 13.4. The van der Waals surface area contributed by atoms with Crippen LogP contribution in [-0.4, -0.2) is 82.7 Å². The second-order valence-corrected chi connectivity index (χ2v) is 19.6. The van der Waals surface area contributed by atoms with Crippen molar-refractivity contribution in [3.8, 4) is 11.5 Å².